The molecule has 0 aliphatic carbocycles. The van der Waals surface area contributed by atoms with Gasteiger partial charge in [-0.15, -0.1) is 11.3 Å². The van der Waals surface area contributed by atoms with Gasteiger partial charge < -0.3 is 4.90 Å². The Bertz CT molecular complexity index is 635. The van der Waals surface area contributed by atoms with Crippen molar-refractivity contribution in [3.63, 3.8) is 0 Å². The summed E-state index contributed by atoms with van der Waals surface area (Å²) in [5.41, 5.74) is 1.14. The summed E-state index contributed by atoms with van der Waals surface area (Å²) >= 11 is 1.64. The summed E-state index contributed by atoms with van der Waals surface area (Å²) in [6, 6.07) is 8.30. The summed E-state index contributed by atoms with van der Waals surface area (Å²) in [4.78, 5) is 15.8. The van der Waals surface area contributed by atoms with Crippen molar-refractivity contribution in [1.82, 2.24) is 4.90 Å². The number of aryl methyl sites for hydroxylation is 1. The third-order valence-electron chi connectivity index (χ3n) is 4.19. The number of thiophene rings is 1. The highest BCUT2D eigenvalue weighted by molar-refractivity contribution is 7.21. The fourth-order valence-electron chi connectivity index (χ4n) is 3.35. The molecule has 3 rings (SSSR count). The van der Waals surface area contributed by atoms with Crippen molar-refractivity contribution in [2.24, 2.45) is 11.8 Å². The molecule has 2 aromatic rings. The van der Waals surface area contributed by atoms with Gasteiger partial charge in [0, 0.05) is 17.8 Å². The standard InChI is InChI=1S/C17H21NOS/c1-11-8-12(2)10-18(9-11)17(19)16-13(3)14-6-4-5-7-15(14)20-16/h4-7,11-12H,8-10H2,1-3H3/t11-,12+. The van der Waals surface area contributed by atoms with Crippen molar-refractivity contribution in [1.29, 1.82) is 0 Å². The molecular formula is C17H21NOS. The number of likely N-dealkylation sites (tertiary alicyclic amines) is 1. The molecule has 2 heterocycles. The van der Waals surface area contributed by atoms with Crippen LogP contribution in [0.1, 0.15) is 35.5 Å². The second-order valence-electron chi connectivity index (χ2n) is 6.21. The molecule has 106 valence electrons. The molecule has 1 aromatic carbocycles. The van der Waals surface area contributed by atoms with Gasteiger partial charge in [-0.25, -0.2) is 0 Å². The highest BCUT2D eigenvalue weighted by Crippen LogP contribution is 2.32. The zero-order valence-corrected chi connectivity index (χ0v) is 13.2. The molecule has 1 aliphatic rings. The van der Waals surface area contributed by atoms with Gasteiger partial charge in [0.25, 0.3) is 5.91 Å². The van der Waals surface area contributed by atoms with Crippen molar-refractivity contribution in [2.75, 3.05) is 13.1 Å². The lowest BCUT2D eigenvalue weighted by molar-refractivity contribution is 0.0627. The summed E-state index contributed by atoms with van der Waals surface area (Å²) in [6.07, 6.45) is 1.23. The van der Waals surface area contributed by atoms with Gasteiger partial charge in [-0.3, -0.25) is 4.79 Å². The summed E-state index contributed by atoms with van der Waals surface area (Å²) in [5.74, 6) is 1.44. The van der Waals surface area contributed by atoms with E-state index in [-0.39, 0.29) is 5.91 Å². The van der Waals surface area contributed by atoms with Crippen LogP contribution < -0.4 is 0 Å². The number of amides is 1. The number of carbonyl (C=O) groups excluding carboxylic acids is 1. The Morgan fingerprint density at radius 2 is 1.85 bits per heavy atom. The molecule has 1 saturated heterocycles. The molecule has 0 unspecified atom stereocenters. The molecule has 2 nitrogen and oxygen atoms in total. The van der Waals surface area contributed by atoms with E-state index in [1.54, 1.807) is 11.3 Å². The predicted molar refractivity (Wildman–Crippen MR) is 85.4 cm³/mol. The predicted octanol–water partition coefficient (Wildman–Crippen LogP) is 4.33. The van der Waals surface area contributed by atoms with Crippen molar-refractivity contribution in [3.8, 4) is 0 Å². The van der Waals surface area contributed by atoms with E-state index in [4.69, 9.17) is 0 Å². The Morgan fingerprint density at radius 1 is 1.20 bits per heavy atom. The number of fused-ring (bicyclic) bond motifs is 1. The molecule has 20 heavy (non-hydrogen) atoms. The van der Waals surface area contributed by atoms with Gasteiger partial charge >= 0.3 is 0 Å². The van der Waals surface area contributed by atoms with Crippen LogP contribution in [0.5, 0.6) is 0 Å². The monoisotopic (exact) mass is 287 g/mol. The van der Waals surface area contributed by atoms with E-state index in [9.17, 15) is 4.79 Å². The fourth-order valence-corrected chi connectivity index (χ4v) is 4.53. The van der Waals surface area contributed by atoms with Crippen LogP contribution in [0.4, 0.5) is 0 Å². The van der Waals surface area contributed by atoms with Crippen molar-refractivity contribution in [3.05, 3.63) is 34.7 Å². The minimum atomic E-state index is 0.224. The average Bonchev–Trinajstić information content (AvgIpc) is 2.75. The molecule has 2 atom stereocenters. The number of carbonyl (C=O) groups is 1. The smallest absolute Gasteiger partial charge is 0.264 e. The van der Waals surface area contributed by atoms with Crippen LogP contribution in [-0.2, 0) is 0 Å². The lowest BCUT2D eigenvalue weighted by Gasteiger charge is -2.34. The summed E-state index contributed by atoms with van der Waals surface area (Å²) < 4.78 is 1.21. The normalized spacial score (nSPS) is 23.2. The number of benzene rings is 1. The number of nitrogens with zero attached hydrogens (tertiary/aromatic N) is 1. The van der Waals surface area contributed by atoms with E-state index in [2.05, 4.69) is 37.8 Å². The zero-order valence-electron chi connectivity index (χ0n) is 12.3. The van der Waals surface area contributed by atoms with Crippen LogP contribution in [0.25, 0.3) is 10.1 Å². The van der Waals surface area contributed by atoms with Crippen molar-refractivity contribution in [2.45, 2.75) is 27.2 Å². The fraction of sp³-hybridized carbons (Fsp3) is 0.471. The van der Waals surface area contributed by atoms with Gasteiger partial charge in [0.15, 0.2) is 0 Å². The molecule has 0 bridgehead atoms. The molecule has 0 spiro atoms. The van der Waals surface area contributed by atoms with Gasteiger partial charge in [-0.2, -0.15) is 0 Å². The summed E-state index contributed by atoms with van der Waals surface area (Å²) in [7, 11) is 0. The highest BCUT2D eigenvalue weighted by atomic mass is 32.1. The van der Waals surface area contributed by atoms with Crippen LogP contribution in [-0.4, -0.2) is 23.9 Å². The second-order valence-corrected chi connectivity index (χ2v) is 7.26. The molecule has 0 saturated carbocycles. The van der Waals surface area contributed by atoms with Crippen molar-refractivity contribution < 1.29 is 4.79 Å². The van der Waals surface area contributed by atoms with E-state index < -0.39 is 0 Å². The zero-order chi connectivity index (χ0) is 14.3. The first-order valence-corrected chi connectivity index (χ1v) is 8.15. The average molecular weight is 287 g/mol. The molecule has 0 N–H and O–H groups in total. The van der Waals surface area contributed by atoms with E-state index in [1.807, 2.05) is 12.1 Å². The largest absolute Gasteiger partial charge is 0.337 e. The highest BCUT2D eigenvalue weighted by Gasteiger charge is 2.28. The quantitative estimate of drug-likeness (QED) is 0.764. The Balaban J connectivity index is 1.94. The number of rotatable bonds is 1. The maximum Gasteiger partial charge on any atom is 0.264 e. The first-order chi connectivity index (χ1) is 9.56. The molecule has 1 aromatic heterocycles. The Morgan fingerprint density at radius 3 is 2.50 bits per heavy atom. The van der Waals surface area contributed by atoms with Crippen LogP contribution >= 0.6 is 11.3 Å². The van der Waals surface area contributed by atoms with Crippen LogP contribution in [0.3, 0.4) is 0 Å². The van der Waals surface area contributed by atoms with Crippen LogP contribution in [0, 0.1) is 18.8 Å². The van der Waals surface area contributed by atoms with E-state index in [1.165, 1.54) is 16.5 Å². The van der Waals surface area contributed by atoms with E-state index in [0.717, 1.165) is 23.5 Å². The number of hydrogen-bond donors (Lipinski definition) is 0. The third kappa shape index (κ3) is 2.35. The van der Waals surface area contributed by atoms with Gasteiger partial charge in [0.1, 0.15) is 0 Å². The number of piperidine rings is 1. The molecule has 3 heteroatoms. The van der Waals surface area contributed by atoms with Crippen molar-refractivity contribution >= 4 is 27.3 Å². The lowest BCUT2D eigenvalue weighted by atomic mass is 9.92. The first kappa shape index (κ1) is 13.6. The topological polar surface area (TPSA) is 20.3 Å². The maximum atomic E-state index is 12.8. The second kappa shape index (κ2) is 5.21. The summed E-state index contributed by atoms with van der Waals surface area (Å²) in [5, 5.41) is 1.22. The van der Waals surface area contributed by atoms with Gasteiger partial charge in [0.05, 0.1) is 4.88 Å². The molecule has 1 amide bonds. The lowest BCUT2D eigenvalue weighted by Crippen LogP contribution is -2.42. The molecular weight excluding hydrogens is 266 g/mol. The van der Waals surface area contributed by atoms with Gasteiger partial charge in [0.2, 0.25) is 0 Å². The minimum Gasteiger partial charge on any atom is -0.337 e. The Kier molecular flexibility index (Phi) is 3.55. The van der Waals surface area contributed by atoms with Crippen LogP contribution in [0.2, 0.25) is 0 Å². The SMILES string of the molecule is Cc1c(C(=O)N2C[C@H](C)C[C@H](C)C2)sc2ccccc12. The first-order valence-electron chi connectivity index (χ1n) is 7.33. The third-order valence-corrected chi connectivity index (χ3v) is 5.45. The van der Waals surface area contributed by atoms with E-state index >= 15 is 0 Å². The molecule has 1 fully saturated rings. The van der Waals surface area contributed by atoms with Gasteiger partial charge in [-0.1, -0.05) is 32.0 Å². The Hall–Kier alpha value is -1.35. The molecule has 0 radical (unpaired) electrons. The number of hydrogen-bond acceptors (Lipinski definition) is 2. The minimum absolute atomic E-state index is 0.224. The summed E-state index contributed by atoms with van der Waals surface area (Å²) in [6.45, 7) is 8.36. The van der Waals surface area contributed by atoms with Gasteiger partial charge in [-0.05, 0) is 42.2 Å². The Labute approximate surface area is 124 Å². The van der Waals surface area contributed by atoms with E-state index in [0.29, 0.717) is 11.8 Å². The maximum absolute atomic E-state index is 12.8. The van der Waals surface area contributed by atoms with Crippen LogP contribution in [0.15, 0.2) is 24.3 Å². The molecule has 1 aliphatic heterocycles.